The number of hydrogen-bond donors (Lipinski definition) is 7. The first kappa shape index (κ1) is 33.3. The molecule has 9 N–H and O–H groups in total. The molecule has 2 unspecified atom stereocenters. The van der Waals surface area contributed by atoms with E-state index in [4.69, 9.17) is 56.5 Å². The van der Waals surface area contributed by atoms with E-state index < -0.39 is 28.9 Å². The number of nitro benzene ring substituents is 1. The van der Waals surface area contributed by atoms with E-state index >= 15 is 0 Å². The summed E-state index contributed by atoms with van der Waals surface area (Å²) >= 11 is 17.9. The number of fused-ring (bicyclic) bond motifs is 3. The number of nitrogens with one attached hydrogen (secondary N) is 3. The molecule has 0 fully saturated rings. The summed E-state index contributed by atoms with van der Waals surface area (Å²) < 4.78 is 0. The number of carboxylic acids is 2. The normalized spacial score (nSPS) is 12.2. The first-order valence-corrected chi connectivity index (χ1v) is 14.4. The van der Waals surface area contributed by atoms with Crippen molar-refractivity contribution in [2.45, 2.75) is 24.9 Å². The van der Waals surface area contributed by atoms with Crippen molar-refractivity contribution in [2.24, 2.45) is 11.5 Å². The Hall–Kier alpha value is -4.59. The maximum Gasteiger partial charge on any atom is 0.320 e. The second-order valence-electron chi connectivity index (χ2n) is 9.84. The Morgan fingerprint density at radius 2 is 1.31 bits per heavy atom. The third kappa shape index (κ3) is 7.74. The number of H-pyrrole nitrogens is 3. The molecule has 0 bridgehead atoms. The third-order valence-electron chi connectivity index (χ3n) is 6.83. The number of aromatic amines is 3. The molecule has 0 aliphatic carbocycles. The SMILES string of the molecule is Clc1cccc2[nH]ccc12.NC(Cc1c[nH]c2c([N+](=O)[O-])ccc(Cl)c12)C(=O)O.NC(Cc1c[nH]c2cccc(Cl)c12)C(=O)O. The number of nitro groups is 1. The monoisotopic (exact) mass is 672 g/mol. The lowest BCUT2D eigenvalue weighted by molar-refractivity contribution is -0.383. The van der Waals surface area contributed by atoms with Gasteiger partial charge in [0.2, 0.25) is 0 Å². The van der Waals surface area contributed by atoms with Crippen LogP contribution in [-0.4, -0.2) is 54.1 Å². The Kier molecular flexibility index (Phi) is 10.7. The minimum atomic E-state index is -1.14. The van der Waals surface area contributed by atoms with Crippen molar-refractivity contribution in [3.8, 4) is 0 Å². The standard InChI is InChI=1S/C11H10ClN3O4.C11H11ClN2O2.C8H6ClN/c12-6-1-2-8(15(18)19)10-9(6)5(4-14-10)3-7(13)11(16)17;12-7-2-1-3-9-10(7)6(5-14-9)4-8(13)11(15)16;9-7-2-1-3-8-6(7)4-5-10-8/h1-2,4,7,14H,3,13H2,(H,16,17);1-3,5,8,14H,4,13H2,(H,15,16);1-5,10H. The van der Waals surface area contributed by atoms with E-state index in [0.29, 0.717) is 21.0 Å². The second kappa shape index (κ2) is 14.5. The summed E-state index contributed by atoms with van der Waals surface area (Å²) in [7, 11) is 0. The van der Waals surface area contributed by atoms with Gasteiger partial charge in [-0.1, -0.05) is 46.9 Å². The zero-order valence-electron chi connectivity index (χ0n) is 23.3. The molecule has 0 saturated carbocycles. The Balaban J connectivity index is 0.000000160. The third-order valence-corrected chi connectivity index (χ3v) is 7.79. The lowest BCUT2D eigenvalue weighted by atomic mass is 10.1. The van der Waals surface area contributed by atoms with Crippen LogP contribution in [0.3, 0.4) is 0 Å². The van der Waals surface area contributed by atoms with Crippen LogP contribution in [0, 0.1) is 10.1 Å². The van der Waals surface area contributed by atoms with Crippen LogP contribution < -0.4 is 11.5 Å². The van der Waals surface area contributed by atoms with E-state index in [1.807, 2.05) is 42.6 Å². The Bertz CT molecular complexity index is 2000. The van der Waals surface area contributed by atoms with Crippen LogP contribution in [0.4, 0.5) is 5.69 Å². The van der Waals surface area contributed by atoms with E-state index in [1.165, 1.54) is 18.3 Å². The van der Waals surface area contributed by atoms with Crippen LogP contribution in [-0.2, 0) is 22.4 Å². The summed E-state index contributed by atoms with van der Waals surface area (Å²) in [6.07, 6.45) is 5.43. The number of non-ortho nitro benzene ring substituents is 1. The summed E-state index contributed by atoms with van der Waals surface area (Å²) in [5.74, 6) is -2.16. The fourth-order valence-electron chi connectivity index (χ4n) is 4.64. The molecule has 45 heavy (non-hydrogen) atoms. The number of aromatic nitrogens is 3. The van der Waals surface area contributed by atoms with Crippen LogP contribution in [0.25, 0.3) is 32.7 Å². The van der Waals surface area contributed by atoms with Crippen LogP contribution in [0.15, 0.2) is 73.2 Å². The smallest absolute Gasteiger partial charge is 0.320 e. The highest BCUT2D eigenvalue weighted by Crippen LogP contribution is 2.33. The van der Waals surface area contributed by atoms with Gasteiger partial charge in [-0.15, -0.1) is 0 Å². The second-order valence-corrected chi connectivity index (χ2v) is 11.1. The number of aliphatic carboxylic acids is 2. The molecule has 3 aromatic carbocycles. The van der Waals surface area contributed by atoms with Gasteiger partial charge in [0.25, 0.3) is 5.69 Å². The molecule has 15 heteroatoms. The minimum Gasteiger partial charge on any atom is -0.480 e. The summed E-state index contributed by atoms with van der Waals surface area (Å²) in [6, 6.07) is 14.0. The van der Waals surface area contributed by atoms with Crippen molar-refractivity contribution < 1.29 is 24.7 Å². The average molecular weight is 674 g/mol. The van der Waals surface area contributed by atoms with E-state index in [1.54, 1.807) is 12.3 Å². The van der Waals surface area contributed by atoms with Crippen LogP contribution in [0.2, 0.25) is 15.1 Å². The van der Waals surface area contributed by atoms with Gasteiger partial charge in [0.15, 0.2) is 0 Å². The lowest BCUT2D eigenvalue weighted by Crippen LogP contribution is -2.32. The van der Waals surface area contributed by atoms with Crippen molar-refractivity contribution >= 4 is 85.1 Å². The summed E-state index contributed by atoms with van der Waals surface area (Å²) in [6.45, 7) is 0. The van der Waals surface area contributed by atoms with Crippen molar-refractivity contribution in [1.82, 2.24) is 15.0 Å². The summed E-state index contributed by atoms with van der Waals surface area (Å²) in [4.78, 5) is 40.6. The Labute approximate surface area is 270 Å². The Morgan fingerprint density at radius 3 is 1.91 bits per heavy atom. The fourth-order valence-corrected chi connectivity index (χ4v) is 5.45. The molecule has 3 heterocycles. The molecular weight excluding hydrogens is 647 g/mol. The molecule has 6 rings (SSSR count). The number of carbonyl (C=O) groups is 2. The molecule has 12 nitrogen and oxygen atoms in total. The van der Waals surface area contributed by atoms with Gasteiger partial charge < -0.3 is 36.6 Å². The van der Waals surface area contributed by atoms with E-state index in [9.17, 15) is 19.7 Å². The quantitative estimate of drug-likeness (QED) is 0.0753. The number of nitrogens with zero attached hydrogens (tertiary/aromatic N) is 1. The van der Waals surface area contributed by atoms with Gasteiger partial charge in [0.1, 0.15) is 17.6 Å². The molecule has 3 aromatic heterocycles. The van der Waals surface area contributed by atoms with Gasteiger partial charge in [-0.3, -0.25) is 19.7 Å². The predicted octanol–water partition coefficient (Wildman–Crippen LogP) is 6.28. The molecule has 0 aliphatic heterocycles. The number of rotatable bonds is 7. The van der Waals surface area contributed by atoms with E-state index in [2.05, 4.69) is 15.0 Å². The minimum absolute atomic E-state index is 0.0379. The zero-order chi connectivity index (χ0) is 32.8. The Morgan fingerprint density at radius 1 is 0.756 bits per heavy atom. The molecule has 0 amide bonds. The highest BCUT2D eigenvalue weighted by atomic mass is 35.5. The van der Waals surface area contributed by atoms with Crippen molar-refractivity contribution in [2.75, 3.05) is 0 Å². The molecular formula is C30H27Cl3N6O6. The highest BCUT2D eigenvalue weighted by molar-refractivity contribution is 6.36. The van der Waals surface area contributed by atoms with Crippen molar-refractivity contribution in [1.29, 1.82) is 0 Å². The molecule has 6 aromatic rings. The highest BCUT2D eigenvalue weighted by Gasteiger charge is 2.21. The number of benzene rings is 3. The van der Waals surface area contributed by atoms with E-state index in [0.717, 1.165) is 32.4 Å². The molecule has 0 aliphatic rings. The number of carboxylic acid groups (broad SMARTS) is 2. The maximum absolute atomic E-state index is 10.9. The average Bonchev–Trinajstić information content (AvgIpc) is 3.74. The molecule has 2 atom stereocenters. The molecule has 234 valence electrons. The first-order chi connectivity index (χ1) is 21.4. The van der Waals surface area contributed by atoms with Gasteiger partial charge in [0.05, 0.1) is 15.0 Å². The predicted molar refractivity (Wildman–Crippen MR) is 175 cm³/mol. The number of hydrogen-bond acceptors (Lipinski definition) is 6. The first-order valence-electron chi connectivity index (χ1n) is 13.2. The molecule has 0 radical (unpaired) electrons. The van der Waals surface area contributed by atoms with Gasteiger partial charge in [0, 0.05) is 69.7 Å². The largest absolute Gasteiger partial charge is 0.480 e. The van der Waals surface area contributed by atoms with Gasteiger partial charge in [-0.25, -0.2) is 0 Å². The van der Waals surface area contributed by atoms with Gasteiger partial charge in [-0.2, -0.15) is 0 Å². The van der Waals surface area contributed by atoms with Crippen LogP contribution in [0.5, 0.6) is 0 Å². The molecule has 0 saturated heterocycles. The maximum atomic E-state index is 10.9. The van der Waals surface area contributed by atoms with Crippen LogP contribution >= 0.6 is 34.8 Å². The number of nitrogens with two attached hydrogens (primary N) is 2. The number of halogens is 3. The van der Waals surface area contributed by atoms with Crippen molar-refractivity contribution in [3.63, 3.8) is 0 Å². The van der Waals surface area contributed by atoms with Crippen molar-refractivity contribution in [3.05, 3.63) is 109 Å². The molecule has 0 spiro atoms. The van der Waals surface area contributed by atoms with Crippen LogP contribution in [0.1, 0.15) is 11.1 Å². The summed E-state index contributed by atoms with van der Waals surface area (Å²) in [5.41, 5.74) is 14.4. The zero-order valence-corrected chi connectivity index (χ0v) is 25.5. The van der Waals surface area contributed by atoms with Gasteiger partial charge in [-0.05, 0) is 47.5 Å². The fraction of sp³-hybridized carbons (Fsp3) is 0.133. The lowest BCUT2D eigenvalue weighted by Gasteiger charge is -2.05. The van der Waals surface area contributed by atoms with E-state index in [-0.39, 0.29) is 24.0 Å². The summed E-state index contributed by atoms with van der Waals surface area (Å²) in [5, 5.41) is 32.5. The van der Waals surface area contributed by atoms with Gasteiger partial charge >= 0.3 is 11.9 Å². The topological polar surface area (TPSA) is 217 Å².